The molecule has 2 rings (SSSR count). The number of carbonyl (C=O) groups is 1. The Morgan fingerprint density at radius 3 is 2.90 bits per heavy atom. The first-order chi connectivity index (χ1) is 9.39. The Labute approximate surface area is 124 Å². The topological polar surface area (TPSA) is 58.6 Å². The van der Waals surface area contributed by atoms with Gasteiger partial charge in [-0.25, -0.2) is 0 Å². The van der Waals surface area contributed by atoms with Crippen LogP contribution in [0.4, 0.5) is 0 Å². The fourth-order valence-electron chi connectivity index (χ4n) is 2.23. The molecule has 1 aromatic carbocycles. The SMILES string of the molecule is CC1(C)C(O)CC1NC(=O)CCOc1cccc(Cl)c1. The summed E-state index contributed by atoms with van der Waals surface area (Å²) in [5.41, 5.74) is -0.247. The Morgan fingerprint density at radius 2 is 2.30 bits per heavy atom. The van der Waals surface area contributed by atoms with Gasteiger partial charge in [-0.3, -0.25) is 4.79 Å². The van der Waals surface area contributed by atoms with Gasteiger partial charge in [0.2, 0.25) is 5.91 Å². The number of aliphatic hydroxyl groups excluding tert-OH is 1. The van der Waals surface area contributed by atoms with Crippen molar-refractivity contribution in [3.05, 3.63) is 29.3 Å². The van der Waals surface area contributed by atoms with Crippen molar-refractivity contribution in [1.29, 1.82) is 0 Å². The zero-order valence-corrected chi connectivity index (χ0v) is 12.5. The van der Waals surface area contributed by atoms with Crippen molar-refractivity contribution in [2.45, 2.75) is 38.8 Å². The number of halogens is 1. The van der Waals surface area contributed by atoms with E-state index in [1.54, 1.807) is 24.3 Å². The highest BCUT2D eigenvalue weighted by Gasteiger charge is 2.47. The van der Waals surface area contributed by atoms with E-state index in [4.69, 9.17) is 16.3 Å². The Bertz CT molecular complexity index is 490. The Kier molecular flexibility index (Phi) is 4.55. The molecule has 1 saturated carbocycles. The van der Waals surface area contributed by atoms with Gasteiger partial charge in [0.1, 0.15) is 5.75 Å². The van der Waals surface area contributed by atoms with Crippen LogP contribution in [0.5, 0.6) is 5.75 Å². The minimum Gasteiger partial charge on any atom is -0.493 e. The summed E-state index contributed by atoms with van der Waals surface area (Å²) in [7, 11) is 0. The summed E-state index contributed by atoms with van der Waals surface area (Å²) < 4.78 is 5.47. The van der Waals surface area contributed by atoms with E-state index < -0.39 is 0 Å². The first kappa shape index (κ1) is 15.1. The van der Waals surface area contributed by atoms with Crippen LogP contribution in [0, 0.1) is 5.41 Å². The largest absolute Gasteiger partial charge is 0.493 e. The highest BCUT2D eigenvalue weighted by atomic mass is 35.5. The lowest BCUT2D eigenvalue weighted by Crippen LogP contribution is -2.61. The van der Waals surface area contributed by atoms with E-state index in [1.165, 1.54) is 0 Å². The van der Waals surface area contributed by atoms with Crippen molar-refractivity contribution < 1.29 is 14.6 Å². The van der Waals surface area contributed by atoms with Gasteiger partial charge in [-0.05, 0) is 24.6 Å². The van der Waals surface area contributed by atoms with Gasteiger partial charge in [-0.2, -0.15) is 0 Å². The van der Waals surface area contributed by atoms with Gasteiger partial charge in [0.25, 0.3) is 0 Å². The van der Waals surface area contributed by atoms with E-state index in [1.807, 2.05) is 13.8 Å². The molecular formula is C15H20ClNO3. The molecule has 2 N–H and O–H groups in total. The number of nitrogens with one attached hydrogen (secondary N) is 1. The summed E-state index contributed by atoms with van der Waals surface area (Å²) in [4.78, 5) is 11.8. The number of ether oxygens (including phenoxy) is 1. The molecule has 0 aliphatic heterocycles. The molecular weight excluding hydrogens is 278 g/mol. The van der Waals surface area contributed by atoms with Crippen molar-refractivity contribution in [3.63, 3.8) is 0 Å². The molecule has 5 heteroatoms. The van der Waals surface area contributed by atoms with Gasteiger partial charge >= 0.3 is 0 Å². The molecule has 110 valence electrons. The number of hydrogen-bond acceptors (Lipinski definition) is 3. The lowest BCUT2D eigenvalue weighted by molar-refractivity contribution is -0.129. The van der Waals surface area contributed by atoms with Gasteiger partial charge in [0.05, 0.1) is 19.1 Å². The molecule has 0 heterocycles. The molecule has 2 atom stereocenters. The summed E-state index contributed by atoms with van der Waals surface area (Å²) in [6.07, 6.45) is 0.568. The standard InChI is InChI=1S/C15H20ClNO3/c1-15(2)12(9-13(15)18)17-14(19)6-7-20-11-5-3-4-10(16)8-11/h3-5,8,12-13,18H,6-7,9H2,1-2H3,(H,17,19). The van der Waals surface area contributed by atoms with E-state index in [0.717, 1.165) is 0 Å². The van der Waals surface area contributed by atoms with Crippen LogP contribution in [-0.4, -0.2) is 29.8 Å². The van der Waals surface area contributed by atoms with E-state index in [-0.39, 0.29) is 29.9 Å². The molecule has 1 aromatic rings. The minimum absolute atomic E-state index is 0.0381. The summed E-state index contributed by atoms with van der Waals surface area (Å²) in [6, 6.07) is 7.12. The molecule has 0 radical (unpaired) electrons. The first-order valence-corrected chi connectivity index (χ1v) is 7.13. The maximum Gasteiger partial charge on any atom is 0.223 e. The fourth-order valence-corrected chi connectivity index (χ4v) is 2.41. The maximum absolute atomic E-state index is 11.8. The van der Waals surface area contributed by atoms with Crippen molar-refractivity contribution in [2.24, 2.45) is 5.41 Å². The third-order valence-electron chi connectivity index (χ3n) is 3.95. The van der Waals surface area contributed by atoms with Crippen LogP contribution in [0.25, 0.3) is 0 Å². The van der Waals surface area contributed by atoms with Crippen LogP contribution in [0.15, 0.2) is 24.3 Å². The zero-order chi connectivity index (χ0) is 14.8. The lowest BCUT2D eigenvalue weighted by Gasteiger charge is -2.49. The number of amides is 1. The molecule has 2 unspecified atom stereocenters. The van der Waals surface area contributed by atoms with Gasteiger partial charge in [0, 0.05) is 16.5 Å². The van der Waals surface area contributed by atoms with E-state index in [0.29, 0.717) is 23.8 Å². The molecule has 1 fully saturated rings. The number of aliphatic hydroxyl groups is 1. The number of rotatable bonds is 5. The average Bonchev–Trinajstić information content (AvgIpc) is 2.38. The normalized spacial score (nSPS) is 23.8. The highest BCUT2D eigenvalue weighted by molar-refractivity contribution is 6.30. The average molecular weight is 298 g/mol. The summed E-state index contributed by atoms with van der Waals surface area (Å²) in [5, 5.41) is 13.2. The van der Waals surface area contributed by atoms with Crippen LogP contribution in [0.3, 0.4) is 0 Å². The Morgan fingerprint density at radius 1 is 1.55 bits per heavy atom. The van der Waals surface area contributed by atoms with Gasteiger partial charge < -0.3 is 15.2 Å². The molecule has 1 amide bonds. The highest BCUT2D eigenvalue weighted by Crippen LogP contribution is 2.40. The maximum atomic E-state index is 11.8. The summed E-state index contributed by atoms with van der Waals surface area (Å²) >= 11 is 5.84. The zero-order valence-electron chi connectivity index (χ0n) is 11.7. The first-order valence-electron chi connectivity index (χ1n) is 6.75. The molecule has 4 nitrogen and oxygen atoms in total. The Balaban J connectivity index is 1.71. The van der Waals surface area contributed by atoms with Gasteiger partial charge in [-0.15, -0.1) is 0 Å². The van der Waals surface area contributed by atoms with Gasteiger partial charge in [0.15, 0.2) is 0 Å². The number of hydrogen-bond donors (Lipinski definition) is 2. The van der Waals surface area contributed by atoms with Crippen LogP contribution < -0.4 is 10.1 Å². The summed E-state index contributed by atoms with van der Waals surface area (Å²) in [6.45, 7) is 4.21. The molecule has 1 aliphatic carbocycles. The second kappa shape index (κ2) is 6.02. The van der Waals surface area contributed by atoms with Crippen molar-refractivity contribution in [2.75, 3.05) is 6.61 Å². The van der Waals surface area contributed by atoms with Crippen molar-refractivity contribution in [1.82, 2.24) is 5.32 Å². The minimum atomic E-state index is -0.337. The van der Waals surface area contributed by atoms with Crippen LogP contribution in [-0.2, 0) is 4.79 Å². The second-order valence-corrected chi connectivity index (χ2v) is 6.19. The molecule has 1 aliphatic rings. The van der Waals surface area contributed by atoms with Crippen molar-refractivity contribution in [3.8, 4) is 5.75 Å². The van der Waals surface area contributed by atoms with Gasteiger partial charge in [-0.1, -0.05) is 31.5 Å². The monoisotopic (exact) mass is 297 g/mol. The quantitative estimate of drug-likeness (QED) is 0.877. The molecule has 0 aromatic heterocycles. The molecule has 0 saturated heterocycles. The summed E-state index contributed by atoms with van der Waals surface area (Å²) in [5.74, 6) is 0.599. The lowest BCUT2D eigenvalue weighted by atomic mass is 9.64. The smallest absolute Gasteiger partial charge is 0.223 e. The van der Waals surface area contributed by atoms with Crippen LogP contribution in [0.1, 0.15) is 26.7 Å². The third kappa shape index (κ3) is 3.44. The second-order valence-electron chi connectivity index (χ2n) is 5.75. The van der Waals surface area contributed by atoms with Crippen LogP contribution in [0.2, 0.25) is 5.02 Å². The molecule has 20 heavy (non-hydrogen) atoms. The number of benzene rings is 1. The van der Waals surface area contributed by atoms with Crippen molar-refractivity contribution >= 4 is 17.5 Å². The van der Waals surface area contributed by atoms with Crippen LogP contribution >= 0.6 is 11.6 Å². The predicted molar refractivity (Wildman–Crippen MR) is 77.9 cm³/mol. The number of carbonyl (C=O) groups excluding carboxylic acids is 1. The fraction of sp³-hybridized carbons (Fsp3) is 0.533. The molecule has 0 bridgehead atoms. The Hall–Kier alpha value is -1.26. The van der Waals surface area contributed by atoms with E-state index in [9.17, 15) is 9.90 Å². The predicted octanol–water partition coefficient (Wildman–Crippen LogP) is 2.38. The molecule has 0 spiro atoms. The third-order valence-corrected chi connectivity index (χ3v) is 4.18. The van der Waals surface area contributed by atoms with E-state index in [2.05, 4.69) is 5.32 Å². The van der Waals surface area contributed by atoms with E-state index >= 15 is 0 Å².